The summed E-state index contributed by atoms with van der Waals surface area (Å²) in [6.45, 7) is 8.71. The number of nitrogens with one attached hydrogen (secondary N) is 1. The van der Waals surface area contributed by atoms with Crippen LogP contribution in [0.2, 0.25) is 0 Å². The fraction of sp³-hybridized carbons (Fsp3) is 0.379. The first-order valence-electron chi connectivity index (χ1n) is 13.3. The lowest BCUT2D eigenvalue weighted by molar-refractivity contribution is -0.137. The Bertz CT molecular complexity index is 1490. The smallest absolute Gasteiger partial charge is 0.416 e. The Balaban J connectivity index is 1.33. The van der Waals surface area contributed by atoms with Crippen molar-refractivity contribution in [3.8, 4) is 0 Å². The van der Waals surface area contributed by atoms with Crippen LogP contribution in [0, 0.1) is 0 Å². The molecule has 0 bridgehead atoms. The number of fused-ring (bicyclic) bond motifs is 1. The number of rotatable bonds is 4. The van der Waals surface area contributed by atoms with Crippen LogP contribution in [0.1, 0.15) is 61.8 Å². The molecule has 2 aliphatic rings. The van der Waals surface area contributed by atoms with Gasteiger partial charge in [0.25, 0.3) is 5.91 Å². The number of ether oxygens (including phenoxy) is 1. The minimum atomic E-state index is -4.45. The number of halogens is 3. The second-order valence-corrected chi connectivity index (χ2v) is 11.1. The highest BCUT2D eigenvalue weighted by atomic mass is 19.4. The van der Waals surface area contributed by atoms with Gasteiger partial charge in [-0.15, -0.1) is 0 Å². The lowest BCUT2D eigenvalue weighted by Gasteiger charge is -2.33. The monoisotopic (exact) mass is 568 g/mol. The molecule has 9 nitrogen and oxygen atoms in total. The minimum absolute atomic E-state index is 0.163. The van der Waals surface area contributed by atoms with Crippen molar-refractivity contribution in [3.63, 3.8) is 0 Å². The summed E-state index contributed by atoms with van der Waals surface area (Å²) in [7, 11) is 0. The van der Waals surface area contributed by atoms with E-state index < -0.39 is 23.4 Å². The van der Waals surface area contributed by atoms with E-state index in [0.29, 0.717) is 54.6 Å². The fourth-order valence-electron chi connectivity index (χ4n) is 4.95. The molecule has 0 spiro atoms. The Hall–Kier alpha value is -4.35. The lowest BCUT2D eigenvalue weighted by atomic mass is 9.98. The molecule has 0 radical (unpaired) electrons. The topological polar surface area (TPSA) is 92.6 Å². The molecule has 0 saturated carbocycles. The molecule has 216 valence electrons. The highest BCUT2D eigenvalue weighted by Crippen LogP contribution is 2.35. The Labute approximate surface area is 235 Å². The average Bonchev–Trinajstić information content (AvgIpc) is 3.36. The zero-order chi connectivity index (χ0) is 29.5. The fourth-order valence-corrected chi connectivity index (χ4v) is 4.95. The SMILES string of the molecule is CC1CN(c2ccc(C(F)(F)F)cc2)C(=O)c2c(C3=CCN(c4cccc(NC(=O)OC(C)(C)C)n4)CC3)cnn21. The third-order valence-corrected chi connectivity index (χ3v) is 6.86. The number of alkyl halides is 3. The largest absolute Gasteiger partial charge is 0.444 e. The molecule has 0 aliphatic carbocycles. The number of carbonyl (C=O) groups excluding carboxylic acids is 2. The Kier molecular flexibility index (Phi) is 7.26. The van der Waals surface area contributed by atoms with E-state index in [4.69, 9.17) is 4.74 Å². The van der Waals surface area contributed by atoms with E-state index >= 15 is 0 Å². The van der Waals surface area contributed by atoms with Gasteiger partial charge >= 0.3 is 12.3 Å². The summed E-state index contributed by atoms with van der Waals surface area (Å²) in [6.07, 6.45) is -0.711. The molecule has 5 rings (SSSR count). The van der Waals surface area contributed by atoms with E-state index in [-0.39, 0.29) is 11.9 Å². The normalized spacial score (nSPS) is 17.7. The van der Waals surface area contributed by atoms with Crippen molar-refractivity contribution >= 4 is 34.9 Å². The van der Waals surface area contributed by atoms with Gasteiger partial charge < -0.3 is 14.5 Å². The molecule has 1 aromatic carbocycles. The molecule has 12 heteroatoms. The molecule has 2 aliphatic heterocycles. The quantitative estimate of drug-likeness (QED) is 0.405. The van der Waals surface area contributed by atoms with E-state index in [1.807, 2.05) is 19.1 Å². The predicted molar refractivity (Wildman–Crippen MR) is 149 cm³/mol. The number of hydrogen-bond acceptors (Lipinski definition) is 6. The highest BCUT2D eigenvalue weighted by Gasteiger charge is 2.35. The van der Waals surface area contributed by atoms with E-state index in [9.17, 15) is 22.8 Å². The van der Waals surface area contributed by atoms with Crippen molar-refractivity contribution in [3.05, 3.63) is 71.6 Å². The van der Waals surface area contributed by atoms with Crippen LogP contribution >= 0.6 is 0 Å². The van der Waals surface area contributed by atoms with Gasteiger partial charge in [0, 0.05) is 30.9 Å². The molecule has 2 aromatic heterocycles. The van der Waals surface area contributed by atoms with Crippen LogP contribution in [0.4, 0.5) is 35.3 Å². The van der Waals surface area contributed by atoms with E-state index in [0.717, 1.165) is 17.7 Å². The molecular weight excluding hydrogens is 537 g/mol. The third-order valence-electron chi connectivity index (χ3n) is 6.86. The Morgan fingerprint density at radius 1 is 1.10 bits per heavy atom. The average molecular weight is 569 g/mol. The van der Waals surface area contributed by atoms with Gasteiger partial charge in [0.15, 0.2) is 0 Å². The molecule has 1 N–H and O–H groups in total. The summed E-state index contributed by atoms with van der Waals surface area (Å²) >= 11 is 0. The first-order valence-corrected chi connectivity index (χ1v) is 13.3. The van der Waals surface area contributed by atoms with Crippen molar-refractivity contribution in [2.24, 2.45) is 0 Å². The van der Waals surface area contributed by atoms with Gasteiger partial charge in [0.1, 0.15) is 22.9 Å². The second-order valence-electron chi connectivity index (χ2n) is 11.1. The van der Waals surface area contributed by atoms with Crippen molar-refractivity contribution in [1.29, 1.82) is 0 Å². The second kappa shape index (κ2) is 10.6. The zero-order valence-electron chi connectivity index (χ0n) is 23.2. The molecule has 2 amide bonds. The summed E-state index contributed by atoms with van der Waals surface area (Å²) in [5.74, 6) is 0.755. The van der Waals surface area contributed by atoms with Crippen molar-refractivity contribution in [2.45, 2.75) is 51.9 Å². The number of hydrogen-bond donors (Lipinski definition) is 1. The number of amides is 2. The molecule has 1 atom stereocenters. The number of carbonyl (C=O) groups is 2. The van der Waals surface area contributed by atoms with Crippen LogP contribution in [-0.2, 0) is 10.9 Å². The first-order chi connectivity index (χ1) is 19.3. The predicted octanol–water partition coefficient (Wildman–Crippen LogP) is 6.16. The molecule has 3 aromatic rings. The van der Waals surface area contributed by atoms with Gasteiger partial charge in [0.05, 0.1) is 17.8 Å². The maximum atomic E-state index is 13.6. The number of nitrogens with zero attached hydrogens (tertiary/aromatic N) is 5. The van der Waals surface area contributed by atoms with Gasteiger partial charge in [0.2, 0.25) is 0 Å². The van der Waals surface area contributed by atoms with Crippen LogP contribution in [-0.4, -0.2) is 52.0 Å². The van der Waals surface area contributed by atoms with Gasteiger partial charge in [-0.1, -0.05) is 12.1 Å². The van der Waals surface area contributed by atoms with Crippen LogP contribution in [0.25, 0.3) is 5.57 Å². The van der Waals surface area contributed by atoms with Gasteiger partial charge in [-0.3, -0.25) is 14.8 Å². The zero-order valence-corrected chi connectivity index (χ0v) is 23.2. The van der Waals surface area contributed by atoms with Crippen LogP contribution in [0.15, 0.2) is 54.7 Å². The summed E-state index contributed by atoms with van der Waals surface area (Å²) in [4.78, 5) is 33.9. The standard InChI is InChI=1S/C29H31F3N6O3/c1-18-17-37(21-10-8-20(9-11-21)29(30,31)32)26(39)25-22(16-33-38(18)25)19-12-14-36(15-13-19)24-7-5-6-23(34-24)35-27(40)41-28(2,3)4/h5-12,16,18H,13-15,17H2,1-4H3,(H,34,35,40). The highest BCUT2D eigenvalue weighted by molar-refractivity contribution is 6.08. The van der Waals surface area contributed by atoms with Gasteiger partial charge in [-0.05, 0) is 76.1 Å². The number of benzene rings is 1. The maximum Gasteiger partial charge on any atom is 0.416 e. The summed E-state index contributed by atoms with van der Waals surface area (Å²) in [6, 6.07) is 9.82. The van der Waals surface area contributed by atoms with Crippen LogP contribution < -0.4 is 15.1 Å². The van der Waals surface area contributed by atoms with Gasteiger partial charge in [-0.2, -0.15) is 18.3 Å². The summed E-state index contributed by atoms with van der Waals surface area (Å²) in [5, 5.41) is 7.14. The number of anilines is 3. The van der Waals surface area contributed by atoms with E-state index in [1.165, 1.54) is 17.0 Å². The third kappa shape index (κ3) is 6.06. The van der Waals surface area contributed by atoms with Crippen molar-refractivity contribution < 1.29 is 27.5 Å². The number of pyridine rings is 1. The van der Waals surface area contributed by atoms with Crippen molar-refractivity contribution in [2.75, 3.05) is 34.8 Å². The lowest BCUT2D eigenvalue weighted by Crippen LogP contribution is -2.43. The molecule has 41 heavy (non-hydrogen) atoms. The van der Waals surface area contributed by atoms with E-state index in [1.54, 1.807) is 43.8 Å². The Morgan fingerprint density at radius 3 is 2.46 bits per heavy atom. The first kappa shape index (κ1) is 28.2. The van der Waals surface area contributed by atoms with Crippen LogP contribution in [0.5, 0.6) is 0 Å². The summed E-state index contributed by atoms with van der Waals surface area (Å²) in [5.41, 5.74) is 1.11. The molecule has 0 saturated heterocycles. The molecule has 4 heterocycles. The van der Waals surface area contributed by atoms with Gasteiger partial charge in [-0.25, -0.2) is 9.78 Å². The van der Waals surface area contributed by atoms with Crippen LogP contribution in [0.3, 0.4) is 0 Å². The maximum absolute atomic E-state index is 13.6. The number of aromatic nitrogens is 3. The van der Waals surface area contributed by atoms with Crippen molar-refractivity contribution in [1.82, 2.24) is 14.8 Å². The van der Waals surface area contributed by atoms with E-state index in [2.05, 4.69) is 20.3 Å². The molecular formula is C29H31F3N6O3. The Morgan fingerprint density at radius 2 is 1.83 bits per heavy atom. The minimum Gasteiger partial charge on any atom is -0.444 e. The molecule has 1 unspecified atom stereocenters. The molecule has 0 fully saturated rings. The summed E-state index contributed by atoms with van der Waals surface area (Å²) < 4.78 is 46.1.